The Bertz CT molecular complexity index is 570. The average Bonchev–Trinajstić information content (AvgIpc) is 2.51. The van der Waals surface area contributed by atoms with Gasteiger partial charge in [0.15, 0.2) is 0 Å². The number of carbonyl (C=O) groups excluding carboxylic acids is 1. The van der Waals surface area contributed by atoms with Gasteiger partial charge in [-0.25, -0.2) is 0 Å². The van der Waals surface area contributed by atoms with Gasteiger partial charge in [-0.05, 0) is 31.0 Å². The zero-order chi connectivity index (χ0) is 14.1. The van der Waals surface area contributed by atoms with Gasteiger partial charge in [-0.1, -0.05) is 19.3 Å². The third kappa shape index (κ3) is 2.14. The highest BCUT2D eigenvalue weighted by atomic mass is 16.2. The molecular formula is C16H19N3O. The van der Waals surface area contributed by atoms with Crippen molar-refractivity contribution in [2.75, 3.05) is 23.4 Å². The smallest absolute Gasteiger partial charge is 0.246 e. The number of likely N-dealkylation sites (N-methyl/N-ethyl adjacent to an activating group) is 1. The van der Waals surface area contributed by atoms with Crippen LogP contribution in [0.4, 0.5) is 11.4 Å². The van der Waals surface area contributed by atoms with E-state index in [2.05, 4.69) is 11.0 Å². The van der Waals surface area contributed by atoms with Crippen LogP contribution >= 0.6 is 0 Å². The van der Waals surface area contributed by atoms with Crippen molar-refractivity contribution in [1.29, 1.82) is 5.26 Å². The maximum absolute atomic E-state index is 12.2. The van der Waals surface area contributed by atoms with E-state index in [9.17, 15) is 4.79 Å². The minimum absolute atomic E-state index is 0.109. The molecular weight excluding hydrogens is 250 g/mol. The van der Waals surface area contributed by atoms with E-state index in [1.807, 2.05) is 18.2 Å². The third-order valence-electron chi connectivity index (χ3n) is 4.47. The number of amides is 1. The number of hydrogen-bond donors (Lipinski definition) is 0. The fourth-order valence-electron chi connectivity index (χ4n) is 3.29. The molecule has 4 nitrogen and oxygen atoms in total. The highest BCUT2D eigenvalue weighted by molar-refractivity contribution is 6.03. The van der Waals surface area contributed by atoms with Gasteiger partial charge in [0.2, 0.25) is 5.91 Å². The molecule has 0 bridgehead atoms. The molecule has 104 valence electrons. The second-order valence-electron chi connectivity index (χ2n) is 5.69. The number of nitriles is 1. The molecule has 1 amide bonds. The zero-order valence-corrected chi connectivity index (χ0v) is 11.8. The van der Waals surface area contributed by atoms with Crippen LogP contribution in [-0.2, 0) is 4.79 Å². The minimum Gasteiger partial charge on any atom is -0.358 e. The lowest BCUT2D eigenvalue weighted by Gasteiger charge is -2.41. The molecule has 20 heavy (non-hydrogen) atoms. The quantitative estimate of drug-likeness (QED) is 0.787. The van der Waals surface area contributed by atoms with Crippen LogP contribution in [0.3, 0.4) is 0 Å². The lowest BCUT2D eigenvalue weighted by Crippen LogP contribution is -2.49. The molecule has 3 rings (SSSR count). The molecule has 1 aliphatic carbocycles. The first-order valence-corrected chi connectivity index (χ1v) is 7.28. The monoisotopic (exact) mass is 269 g/mol. The molecule has 1 aliphatic heterocycles. The standard InChI is InChI=1S/C16H19N3O/c1-18-15-9-12(10-17)7-8-14(15)19(11-16(18)20)13-5-3-2-4-6-13/h7-9,13H,2-6,11H2,1H3. The molecule has 0 aromatic heterocycles. The number of fused-ring (bicyclic) bond motifs is 1. The summed E-state index contributed by atoms with van der Waals surface area (Å²) in [7, 11) is 1.79. The van der Waals surface area contributed by atoms with Gasteiger partial charge in [0.05, 0.1) is 29.6 Å². The molecule has 1 saturated carbocycles. The topological polar surface area (TPSA) is 47.3 Å². The van der Waals surface area contributed by atoms with Crippen molar-refractivity contribution in [1.82, 2.24) is 0 Å². The summed E-state index contributed by atoms with van der Waals surface area (Å²) >= 11 is 0. The molecule has 0 atom stereocenters. The van der Waals surface area contributed by atoms with Gasteiger partial charge < -0.3 is 9.80 Å². The maximum atomic E-state index is 12.2. The number of rotatable bonds is 1. The van der Waals surface area contributed by atoms with Crippen LogP contribution in [0.5, 0.6) is 0 Å². The summed E-state index contributed by atoms with van der Waals surface area (Å²) in [6.45, 7) is 0.458. The molecule has 0 N–H and O–H groups in total. The van der Waals surface area contributed by atoms with Crippen LogP contribution in [0.1, 0.15) is 37.7 Å². The van der Waals surface area contributed by atoms with Gasteiger partial charge in [-0.15, -0.1) is 0 Å². The SMILES string of the molecule is CN1C(=O)CN(C2CCCCC2)c2ccc(C#N)cc21. The van der Waals surface area contributed by atoms with Gasteiger partial charge in [0, 0.05) is 13.1 Å². The Kier molecular flexibility index (Phi) is 3.35. The van der Waals surface area contributed by atoms with Crippen molar-refractivity contribution in [2.45, 2.75) is 38.1 Å². The molecule has 1 aromatic rings. The number of anilines is 2. The van der Waals surface area contributed by atoms with Crippen molar-refractivity contribution in [2.24, 2.45) is 0 Å². The van der Waals surface area contributed by atoms with Gasteiger partial charge in [-0.2, -0.15) is 5.26 Å². The summed E-state index contributed by atoms with van der Waals surface area (Å²) in [4.78, 5) is 16.1. The lowest BCUT2D eigenvalue weighted by atomic mass is 9.93. The average molecular weight is 269 g/mol. The number of carbonyl (C=O) groups is 1. The Labute approximate surface area is 119 Å². The summed E-state index contributed by atoms with van der Waals surface area (Å²) in [5, 5.41) is 9.04. The van der Waals surface area contributed by atoms with E-state index in [0.717, 1.165) is 24.2 Å². The second-order valence-corrected chi connectivity index (χ2v) is 5.69. The molecule has 1 fully saturated rings. The molecule has 1 heterocycles. The minimum atomic E-state index is 0.109. The molecule has 4 heteroatoms. The van der Waals surface area contributed by atoms with Crippen LogP contribution in [0.15, 0.2) is 18.2 Å². The van der Waals surface area contributed by atoms with E-state index in [4.69, 9.17) is 5.26 Å². The zero-order valence-electron chi connectivity index (χ0n) is 11.8. The predicted octanol–water partition coefficient (Wildman–Crippen LogP) is 2.67. The molecule has 0 unspecified atom stereocenters. The predicted molar refractivity (Wildman–Crippen MR) is 78.8 cm³/mol. The summed E-state index contributed by atoms with van der Waals surface area (Å²) in [6, 6.07) is 8.27. The van der Waals surface area contributed by atoms with Crippen molar-refractivity contribution in [3.8, 4) is 6.07 Å². The van der Waals surface area contributed by atoms with Crippen molar-refractivity contribution < 1.29 is 4.79 Å². The van der Waals surface area contributed by atoms with E-state index in [-0.39, 0.29) is 5.91 Å². The number of nitrogens with zero attached hydrogens (tertiary/aromatic N) is 3. The Morgan fingerprint density at radius 1 is 1.20 bits per heavy atom. The lowest BCUT2D eigenvalue weighted by molar-refractivity contribution is -0.117. The third-order valence-corrected chi connectivity index (χ3v) is 4.47. The van der Waals surface area contributed by atoms with Crippen molar-refractivity contribution in [3.63, 3.8) is 0 Å². The Morgan fingerprint density at radius 3 is 2.65 bits per heavy atom. The highest BCUT2D eigenvalue weighted by Gasteiger charge is 2.31. The summed E-state index contributed by atoms with van der Waals surface area (Å²) in [5.74, 6) is 0.109. The van der Waals surface area contributed by atoms with Crippen LogP contribution in [0.2, 0.25) is 0 Å². The summed E-state index contributed by atoms with van der Waals surface area (Å²) < 4.78 is 0. The number of hydrogen-bond acceptors (Lipinski definition) is 3. The first-order chi connectivity index (χ1) is 9.70. The number of benzene rings is 1. The van der Waals surface area contributed by atoms with Gasteiger partial charge in [0.1, 0.15) is 0 Å². The fraction of sp³-hybridized carbons (Fsp3) is 0.500. The second kappa shape index (κ2) is 5.16. The van der Waals surface area contributed by atoms with Gasteiger partial charge in [0.25, 0.3) is 0 Å². The first kappa shape index (κ1) is 13.0. The molecule has 2 aliphatic rings. The van der Waals surface area contributed by atoms with E-state index in [1.165, 1.54) is 19.3 Å². The van der Waals surface area contributed by atoms with Crippen LogP contribution in [0.25, 0.3) is 0 Å². The Balaban J connectivity index is 2.00. The maximum Gasteiger partial charge on any atom is 0.246 e. The van der Waals surface area contributed by atoms with Crippen molar-refractivity contribution in [3.05, 3.63) is 23.8 Å². The van der Waals surface area contributed by atoms with Crippen LogP contribution < -0.4 is 9.80 Å². The van der Waals surface area contributed by atoms with E-state index in [1.54, 1.807) is 11.9 Å². The molecule has 1 aromatic carbocycles. The van der Waals surface area contributed by atoms with Crippen LogP contribution in [0, 0.1) is 11.3 Å². The molecule has 0 radical (unpaired) electrons. The van der Waals surface area contributed by atoms with E-state index >= 15 is 0 Å². The Morgan fingerprint density at radius 2 is 1.95 bits per heavy atom. The van der Waals surface area contributed by atoms with E-state index < -0.39 is 0 Å². The van der Waals surface area contributed by atoms with Gasteiger partial charge >= 0.3 is 0 Å². The molecule has 0 spiro atoms. The largest absolute Gasteiger partial charge is 0.358 e. The fourth-order valence-corrected chi connectivity index (χ4v) is 3.29. The highest BCUT2D eigenvalue weighted by Crippen LogP contribution is 2.37. The summed E-state index contributed by atoms with van der Waals surface area (Å²) in [6.07, 6.45) is 6.12. The first-order valence-electron chi connectivity index (χ1n) is 7.28. The van der Waals surface area contributed by atoms with E-state index in [0.29, 0.717) is 18.2 Å². The summed E-state index contributed by atoms with van der Waals surface area (Å²) in [5.41, 5.74) is 2.57. The van der Waals surface area contributed by atoms with Crippen LogP contribution in [-0.4, -0.2) is 25.5 Å². The van der Waals surface area contributed by atoms with Gasteiger partial charge in [-0.3, -0.25) is 4.79 Å². The van der Waals surface area contributed by atoms with Crippen molar-refractivity contribution >= 4 is 17.3 Å². The Hall–Kier alpha value is -2.02. The normalized spacial score (nSPS) is 19.7. The molecule has 0 saturated heterocycles.